The van der Waals surface area contributed by atoms with E-state index < -0.39 is 23.4 Å². The smallest absolute Gasteiger partial charge is 0.329 e. The molecule has 3 N–H and O–H groups in total. The first-order chi connectivity index (χ1) is 9.40. The van der Waals surface area contributed by atoms with Crippen molar-refractivity contribution in [2.24, 2.45) is 5.73 Å². The number of esters is 1. The van der Waals surface area contributed by atoms with Gasteiger partial charge in [0.1, 0.15) is 0 Å². The Labute approximate surface area is 123 Å². The molecule has 0 saturated carbocycles. The molecule has 0 saturated heterocycles. The second-order valence-electron chi connectivity index (χ2n) is 4.65. The summed E-state index contributed by atoms with van der Waals surface area (Å²) in [6.07, 6.45) is 0. The predicted octanol–water partition coefficient (Wildman–Crippen LogP) is 1.11. The first-order valence-electron chi connectivity index (χ1n) is 6.53. The maximum absolute atomic E-state index is 12.4. The predicted molar refractivity (Wildman–Crippen MR) is 79.7 cm³/mol. The number of carbonyl (C=O) groups is 1. The fraction of sp³-hybridized carbons (Fsp3) is 0.500. The molecule has 0 aliphatic rings. The molecule has 1 aromatic rings. The van der Waals surface area contributed by atoms with Crippen molar-refractivity contribution in [1.29, 1.82) is 0 Å². The van der Waals surface area contributed by atoms with Crippen LogP contribution in [-0.4, -0.2) is 29.7 Å². The number of nitrogens with two attached hydrogens (primary N) is 1. The maximum atomic E-state index is 12.4. The van der Waals surface area contributed by atoms with Gasteiger partial charge in [0.15, 0.2) is 10.9 Å². The van der Waals surface area contributed by atoms with E-state index in [0.717, 1.165) is 16.7 Å². The Morgan fingerprint density at radius 3 is 2.40 bits per heavy atom. The Kier molecular flexibility index (Phi) is 6.48. The lowest BCUT2D eigenvalue weighted by molar-refractivity contribution is -0.144. The van der Waals surface area contributed by atoms with Crippen LogP contribution in [0.15, 0.2) is 17.0 Å². The SMILES string of the molecule is CCOC(=O)C(CN)N[S+]([O-])c1c(C)cc(C)cc1C. The normalized spacial score (nSPS) is 13.9. The molecule has 0 aliphatic carbocycles. The van der Waals surface area contributed by atoms with Gasteiger partial charge in [0, 0.05) is 17.7 Å². The molecule has 1 aromatic carbocycles. The minimum atomic E-state index is -1.50. The fourth-order valence-corrected chi connectivity index (χ4v) is 3.35. The van der Waals surface area contributed by atoms with Crippen LogP contribution >= 0.6 is 0 Å². The lowest BCUT2D eigenvalue weighted by Gasteiger charge is -2.19. The molecule has 0 amide bonds. The van der Waals surface area contributed by atoms with Gasteiger partial charge in [-0.25, -0.2) is 0 Å². The molecule has 2 unspecified atom stereocenters. The van der Waals surface area contributed by atoms with E-state index in [0.29, 0.717) is 4.90 Å². The Morgan fingerprint density at radius 1 is 1.40 bits per heavy atom. The van der Waals surface area contributed by atoms with E-state index in [1.165, 1.54) is 0 Å². The first kappa shape index (κ1) is 17.0. The average Bonchev–Trinajstić information content (AvgIpc) is 2.34. The molecular formula is C14H22N2O3S. The molecule has 112 valence electrons. The number of nitrogens with one attached hydrogen (secondary N) is 1. The summed E-state index contributed by atoms with van der Waals surface area (Å²) < 4.78 is 20.0. The molecule has 0 bridgehead atoms. The molecule has 0 fully saturated rings. The van der Waals surface area contributed by atoms with Crippen LogP contribution in [0, 0.1) is 20.8 Å². The van der Waals surface area contributed by atoms with Crippen LogP contribution in [0.4, 0.5) is 0 Å². The molecule has 2 atom stereocenters. The van der Waals surface area contributed by atoms with Crippen LogP contribution in [0.5, 0.6) is 0 Å². The van der Waals surface area contributed by atoms with E-state index in [2.05, 4.69) is 4.72 Å². The van der Waals surface area contributed by atoms with Crippen LogP contribution in [-0.2, 0) is 20.9 Å². The Morgan fingerprint density at radius 2 is 1.95 bits per heavy atom. The van der Waals surface area contributed by atoms with Gasteiger partial charge in [-0.3, -0.25) is 4.79 Å². The van der Waals surface area contributed by atoms with E-state index in [4.69, 9.17) is 10.5 Å². The number of hydrogen-bond acceptors (Lipinski definition) is 5. The quantitative estimate of drug-likeness (QED) is 0.607. The summed E-state index contributed by atoms with van der Waals surface area (Å²) in [5, 5.41) is 0. The molecule has 1 rings (SSSR count). The van der Waals surface area contributed by atoms with Crippen molar-refractivity contribution < 1.29 is 14.1 Å². The van der Waals surface area contributed by atoms with Crippen molar-refractivity contribution >= 4 is 17.3 Å². The van der Waals surface area contributed by atoms with Gasteiger partial charge in [0.25, 0.3) is 0 Å². The Balaban J connectivity index is 2.90. The number of aryl methyl sites for hydroxylation is 3. The third-order valence-electron chi connectivity index (χ3n) is 2.85. The second-order valence-corrected chi connectivity index (χ2v) is 5.84. The zero-order valence-corrected chi connectivity index (χ0v) is 13.2. The zero-order valence-electron chi connectivity index (χ0n) is 12.4. The minimum Gasteiger partial charge on any atom is -0.593 e. The largest absolute Gasteiger partial charge is 0.593 e. The van der Waals surface area contributed by atoms with Crippen molar-refractivity contribution in [1.82, 2.24) is 4.72 Å². The standard InChI is InChI=1S/C14H22N2O3S/c1-5-19-14(17)12(8-15)16-20(18)13-10(3)6-9(2)7-11(13)4/h6-7,12,16H,5,8,15H2,1-4H3. The van der Waals surface area contributed by atoms with E-state index in [9.17, 15) is 9.35 Å². The lowest BCUT2D eigenvalue weighted by atomic mass is 10.1. The van der Waals surface area contributed by atoms with E-state index in [1.807, 2.05) is 32.9 Å². The van der Waals surface area contributed by atoms with Crippen molar-refractivity contribution in [2.75, 3.05) is 13.2 Å². The maximum Gasteiger partial charge on any atom is 0.329 e. The molecule has 0 radical (unpaired) electrons. The van der Waals surface area contributed by atoms with E-state index >= 15 is 0 Å². The number of hydrogen-bond donors (Lipinski definition) is 2. The molecule has 0 heterocycles. The van der Waals surface area contributed by atoms with Gasteiger partial charge >= 0.3 is 5.97 Å². The van der Waals surface area contributed by atoms with Crippen molar-refractivity contribution in [3.63, 3.8) is 0 Å². The monoisotopic (exact) mass is 298 g/mol. The van der Waals surface area contributed by atoms with Gasteiger partial charge in [-0.1, -0.05) is 17.7 Å². The summed E-state index contributed by atoms with van der Waals surface area (Å²) in [5.74, 6) is -0.481. The first-order valence-corrected chi connectivity index (χ1v) is 7.68. The Bertz CT molecular complexity index is 456. The fourth-order valence-electron chi connectivity index (χ4n) is 2.08. The third-order valence-corrected chi connectivity index (χ3v) is 4.36. The van der Waals surface area contributed by atoms with E-state index in [1.54, 1.807) is 6.92 Å². The molecule has 0 spiro atoms. The highest BCUT2D eigenvalue weighted by Gasteiger charge is 2.27. The zero-order chi connectivity index (χ0) is 15.3. The van der Waals surface area contributed by atoms with Gasteiger partial charge in [-0.15, -0.1) is 4.72 Å². The van der Waals surface area contributed by atoms with Crippen LogP contribution < -0.4 is 10.5 Å². The van der Waals surface area contributed by atoms with E-state index in [-0.39, 0.29) is 13.2 Å². The highest BCUT2D eigenvalue weighted by atomic mass is 32.2. The van der Waals surface area contributed by atoms with Crippen LogP contribution in [0.1, 0.15) is 23.6 Å². The summed E-state index contributed by atoms with van der Waals surface area (Å²) in [5.41, 5.74) is 8.49. The lowest BCUT2D eigenvalue weighted by Crippen LogP contribution is -2.46. The summed E-state index contributed by atoms with van der Waals surface area (Å²) in [7, 11) is 0. The summed E-state index contributed by atoms with van der Waals surface area (Å²) in [6.45, 7) is 7.81. The topological polar surface area (TPSA) is 87.4 Å². The van der Waals surface area contributed by atoms with Crippen molar-refractivity contribution in [3.05, 3.63) is 28.8 Å². The highest BCUT2D eigenvalue weighted by Crippen LogP contribution is 2.21. The van der Waals surface area contributed by atoms with Crippen molar-refractivity contribution in [3.8, 4) is 0 Å². The summed E-state index contributed by atoms with van der Waals surface area (Å²) >= 11 is -1.50. The third kappa shape index (κ3) is 4.21. The summed E-state index contributed by atoms with van der Waals surface area (Å²) in [4.78, 5) is 12.4. The van der Waals surface area contributed by atoms with Gasteiger partial charge in [0.05, 0.1) is 18.0 Å². The van der Waals surface area contributed by atoms with Crippen LogP contribution in [0.3, 0.4) is 0 Å². The van der Waals surface area contributed by atoms with Crippen LogP contribution in [0.25, 0.3) is 0 Å². The van der Waals surface area contributed by atoms with Gasteiger partial charge < -0.3 is 15.0 Å². The number of benzene rings is 1. The molecule has 0 aliphatic heterocycles. The molecule has 0 aromatic heterocycles. The minimum absolute atomic E-state index is 0.0362. The average molecular weight is 298 g/mol. The van der Waals surface area contributed by atoms with Gasteiger partial charge in [0.2, 0.25) is 0 Å². The molecule has 20 heavy (non-hydrogen) atoms. The number of ether oxygens (including phenoxy) is 1. The van der Waals surface area contributed by atoms with Gasteiger partial charge in [-0.05, 0) is 27.7 Å². The molecule has 5 nitrogen and oxygen atoms in total. The van der Waals surface area contributed by atoms with Gasteiger partial charge in [-0.2, -0.15) is 0 Å². The molecular weight excluding hydrogens is 276 g/mol. The van der Waals surface area contributed by atoms with Crippen LogP contribution in [0.2, 0.25) is 0 Å². The highest BCUT2D eigenvalue weighted by molar-refractivity contribution is 7.89. The Hall–Kier alpha value is -1.08. The molecule has 6 heteroatoms. The van der Waals surface area contributed by atoms with Crippen molar-refractivity contribution in [2.45, 2.75) is 38.6 Å². The number of carbonyl (C=O) groups excluding carboxylic acids is 1. The second kappa shape index (κ2) is 7.64. The number of rotatable bonds is 6. The summed E-state index contributed by atoms with van der Waals surface area (Å²) in [6, 6.07) is 3.16.